The summed E-state index contributed by atoms with van der Waals surface area (Å²) in [4.78, 5) is 10.7. The number of aliphatic carboxylic acids is 1. The zero-order chi connectivity index (χ0) is 13.1. The molecule has 0 amide bonds. The SMILES string of the molecule is Cc1cc(OCC2CCC(C(=O)O)O2)ccc1Br. The lowest BCUT2D eigenvalue weighted by molar-refractivity contribution is -0.149. The summed E-state index contributed by atoms with van der Waals surface area (Å²) in [5.41, 5.74) is 1.10. The van der Waals surface area contributed by atoms with Gasteiger partial charge in [0.2, 0.25) is 0 Å². The highest BCUT2D eigenvalue weighted by Gasteiger charge is 2.30. The predicted octanol–water partition coefficient (Wildman–Crippen LogP) is 2.77. The third-order valence-electron chi connectivity index (χ3n) is 2.95. The molecule has 5 heteroatoms. The van der Waals surface area contributed by atoms with Crippen LogP contribution in [-0.4, -0.2) is 29.9 Å². The Morgan fingerprint density at radius 1 is 1.56 bits per heavy atom. The fraction of sp³-hybridized carbons (Fsp3) is 0.462. The number of benzene rings is 1. The van der Waals surface area contributed by atoms with Crippen LogP contribution in [0.25, 0.3) is 0 Å². The third kappa shape index (κ3) is 3.23. The van der Waals surface area contributed by atoms with Crippen LogP contribution in [0.15, 0.2) is 22.7 Å². The second kappa shape index (κ2) is 5.71. The average molecular weight is 315 g/mol. The van der Waals surface area contributed by atoms with Crippen molar-refractivity contribution < 1.29 is 19.4 Å². The van der Waals surface area contributed by atoms with Crippen LogP contribution in [-0.2, 0) is 9.53 Å². The standard InChI is InChI=1S/C13H15BrO4/c1-8-6-9(2-4-11(8)14)17-7-10-3-5-12(18-10)13(15)16/h2,4,6,10,12H,3,5,7H2,1H3,(H,15,16). The van der Waals surface area contributed by atoms with Crippen LogP contribution in [0.5, 0.6) is 5.75 Å². The van der Waals surface area contributed by atoms with Crippen LogP contribution in [0.4, 0.5) is 0 Å². The largest absolute Gasteiger partial charge is 0.491 e. The molecule has 2 atom stereocenters. The maximum Gasteiger partial charge on any atom is 0.332 e. The first kappa shape index (κ1) is 13.4. The number of carboxylic acids is 1. The van der Waals surface area contributed by atoms with E-state index in [-0.39, 0.29) is 6.10 Å². The van der Waals surface area contributed by atoms with E-state index in [0.717, 1.165) is 22.2 Å². The fourth-order valence-electron chi connectivity index (χ4n) is 1.91. The van der Waals surface area contributed by atoms with Crippen molar-refractivity contribution in [2.75, 3.05) is 6.61 Å². The minimum atomic E-state index is -0.892. The number of halogens is 1. The van der Waals surface area contributed by atoms with Crippen molar-refractivity contribution in [3.05, 3.63) is 28.2 Å². The van der Waals surface area contributed by atoms with Gasteiger partial charge in [0.15, 0.2) is 6.10 Å². The van der Waals surface area contributed by atoms with Crippen molar-refractivity contribution in [1.29, 1.82) is 0 Å². The molecule has 2 unspecified atom stereocenters. The van der Waals surface area contributed by atoms with Crippen LogP contribution in [0.2, 0.25) is 0 Å². The van der Waals surface area contributed by atoms with Gasteiger partial charge in [-0.1, -0.05) is 15.9 Å². The zero-order valence-electron chi connectivity index (χ0n) is 10.1. The van der Waals surface area contributed by atoms with E-state index in [0.29, 0.717) is 13.0 Å². The highest BCUT2D eigenvalue weighted by Crippen LogP contribution is 2.24. The number of hydrogen-bond donors (Lipinski definition) is 1. The molecule has 0 radical (unpaired) electrons. The van der Waals surface area contributed by atoms with Gasteiger partial charge in [-0.3, -0.25) is 0 Å². The molecular formula is C13H15BrO4. The Hall–Kier alpha value is -1.07. The highest BCUT2D eigenvalue weighted by atomic mass is 79.9. The van der Waals surface area contributed by atoms with E-state index in [4.69, 9.17) is 14.6 Å². The van der Waals surface area contributed by atoms with Crippen molar-refractivity contribution in [2.24, 2.45) is 0 Å². The van der Waals surface area contributed by atoms with Gasteiger partial charge in [-0.25, -0.2) is 4.79 Å². The average Bonchev–Trinajstić information content (AvgIpc) is 2.79. The van der Waals surface area contributed by atoms with Gasteiger partial charge in [0.25, 0.3) is 0 Å². The van der Waals surface area contributed by atoms with Gasteiger partial charge in [0.1, 0.15) is 12.4 Å². The number of rotatable bonds is 4. The lowest BCUT2D eigenvalue weighted by atomic mass is 10.2. The minimum Gasteiger partial charge on any atom is -0.491 e. The summed E-state index contributed by atoms with van der Waals surface area (Å²) in [6, 6.07) is 5.74. The van der Waals surface area contributed by atoms with E-state index in [1.165, 1.54) is 0 Å². The summed E-state index contributed by atoms with van der Waals surface area (Å²) in [6.07, 6.45) is 0.482. The molecule has 1 fully saturated rings. The third-order valence-corrected chi connectivity index (χ3v) is 3.84. The summed E-state index contributed by atoms with van der Waals surface area (Å²) in [7, 11) is 0. The summed E-state index contributed by atoms with van der Waals surface area (Å²) >= 11 is 3.43. The van der Waals surface area contributed by atoms with Crippen LogP contribution in [0.1, 0.15) is 18.4 Å². The number of hydrogen-bond acceptors (Lipinski definition) is 3. The molecule has 1 aromatic carbocycles. The molecule has 0 spiro atoms. The summed E-state index contributed by atoms with van der Waals surface area (Å²) in [5.74, 6) is -0.116. The zero-order valence-corrected chi connectivity index (χ0v) is 11.6. The quantitative estimate of drug-likeness (QED) is 0.928. The molecule has 18 heavy (non-hydrogen) atoms. The van der Waals surface area contributed by atoms with E-state index < -0.39 is 12.1 Å². The topological polar surface area (TPSA) is 55.8 Å². The van der Waals surface area contributed by atoms with Crippen LogP contribution < -0.4 is 4.74 Å². The Morgan fingerprint density at radius 2 is 2.33 bits per heavy atom. The van der Waals surface area contributed by atoms with Crippen LogP contribution >= 0.6 is 15.9 Å². The summed E-state index contributed by atoms with van der Waals surface area (Å²) in [5, 5.41) is 8.81. The van der Waals surface area contributed by atoms with Gasteiger partial charge >= 0.3 is 5.97 Å². The molecule has 0 aliphatic carbocycles. The Kier molecular flexibility index (Phi) is 4.24. The number of aryl methyl sites for hydroxylation is 1. The van der Waals surface area contributed by atoms with Crippen LogP contribution in [0, 0.1) is 6.92 Å². The Morgan fingerprint density at radius 3 is 2.94 bits per heavy atom. The van der Waals surface area contributed by atoms with Gasteiger partial charge < -0.3 is 14.6 Å². The Labute approximate surface area is 114 Å². The van der Waals surface area contributed by atoms with Crippen molar-refractivity contribution >= 4 is 21.9 Å². The van der Waals surface area contributed by atoms with E-state index >= 15 is 0 Å². The van der Waals surface area contributed by atoms with E-state index in [1.807, 2.05) is 25.1 Å². The first-order valence-electron chi connectivity index (χ1n) is 5.83. The van der Waals surface area contributed by atoms with Crippen molar-refractivity contribution in [2.45, 2.75) is 32.0 Å². The summed E-state index contributed by atoms with van der Waals surface area (Å²) < 4.78 is 12.0. The molecule has 0 aromatic heterocycles. The molecule has 0 saturated carbocycles. The van der Waals surface area contributed by atoms with Gasteiger partial charge in [-0.05, 0) is 43.5 Å². The van der Waals surface area contributed by atoms with E-state index in [9.17, 15) is 4.79 Å². The summed E-state index contributed by atoms with van der Waals surface area (Å²) in [6.45, 7) is 2.38. The van der Waals surface area contributed by atoms with Crippen LogP contribution in [0.3, 0.4) is 0 Å². The minimum absolute atomic E-state index is 0.130. The molecule has 1 aromatic rings. The lowest BCUT2D eigenvalue weighted by Gasteiger charge is -2.13. The highest BCUT2D eigenvalue weighted by molar-refractivity contribution is 9.10. The molecular weight excluding hydrogens is 300 g/mol. The van der Waals surface area contributed by atoms with Gasteiger partial charge in [0.05, 0.1) is 6.10 Å². The lowest BCUT2D eigenvalue weighted by Crippen LogP contribution is -2.23. The molecule has 1 saturated heterocycles. The molecule has 98 valence electrons. The Bertz CT molecular complexity index is 447. The van der Waals surface area contributed by atoms with Crippen molar-refractivity contribution in [3.63, 3.8) is 0 Å². The smallest absolute Gasteiger partial charge is 0.332 e. The monoisotopic (exact) mass is 314 g/mol. The predicted molar refractivity (Wildman–Crippen MR) is 69.9 cm³/mol. The number of carboxylic acid groups (broad SMARTS) is 1. The molecule has 1 heterocycles. The van der Waals surface area contributed by atoms with E-state index in [1.54, 1.807) is 0 Å². The second-order valence-corrected chi connectivity index (χ2v) is 5.24. The molecule has 1 N–H and O–H groups in total. The van der Waals surface area contributed by atoms with Gasteiger partial charge in [-0.15, -0.1) is 0 Å². The first-order chi connectivity index (χ1) is 8.56. The first-order valence-corrected chi connectivity index (χ1v) is 6.63. The maximum absolute atomic E-state index is 10.7. The van der Waals surface area contributed by atoms with Crippen molar-refractivity contribution in [1.82, 2.24) is 0 Å². The number of carbonyl (C=O) groups is 1. The van der Waals surface area contributed by atoms with Gasteiger partial charge in [0, 0.05) is 4.47 Å². The van der Waals surface area contributed by atoms with E-state index in [2.05, 4.69) is 15.9 Å². The van der Waals surface area contributed by atoms with Gasteiger partial charge in [-0.2, -0.15) is 0 Å². The van der Waals surface area contributed by atoms with Crippen molar-refractivity contribution in [3.8, 4) is 5.75 Å². The Balaban J connectivity index is 1.85. The normalized spacial score (nSPS) is 23.0. The molecule has 2 rings (SSSR count). The number of ether oxygens (including phenoxy) is 2. The molecule has 0 bridgehead atoms. The fourth-order valence-corrected chi connectivity index (χ4v) is 2.15. The maximum atomic E-state index is 10.7. The molecule has 4 nitrogen and oxygen atoms in total. The molecule has 1 aliphatic heterocycles. The molecule has 1 aliphatic rings. The second-order valence-electron chi connectivity index (χ2n) is 4.38.